The summed E-state index contributed by atoms with van der Waals surface area (Å²) in [6.45, 7) is 9.23. The smallest absolute Gasteiger partial charge is 0.0986 e. The van der Waals surface area contributed by atoms with Crippen LogP contribution in [0.15, 0.2) is 35.3 Å². The van der Waals surface area contributed by atoms with Gasteiger partial charge in [-0.15, -0.1) is 0 Å². The number of aliphatic imine (C=N–C) groups is 1. The molecule has 0 heterocycles. The number of nitrogens with zero attached hydrogens (tertiary/aromatic N) is 1. The van der Waals surface area contributed by atoms with Crippen LogP contribution in [0.2, 0.25) is 0 Å². The Morgan fingerprint density at radius 1 is 1.27 bits per heavy atom. The maximum absolute atomic E-state index is 6.30. The number of hydrogen-bond donors (Lipinski definition) is 2. The highest BCUT2D eigenvalue weighted by atomic mass is 14.9. The molecule has 4 N–H and O–H groups in total. The lowest BCUT2D eigenvalue weighted by molar-refractivity contribution is 0.120. The standard InChI is InChI=1S/C23H35N3/c1-6-23(4)12-17(13-23)16-7-8-18(14(2)11-16)19-9-10-20(24)21(15(19)3)22(25)26-5/h7-11,15,17,19-21H,6,12-13,24H2,1-5H3,(H2,25,26). The third-order valence-electron chi connectivity index (χ3n) is 7.14. The van der Waals surface area contributed by atoms with E-state index in [1.54, 1.807) is 7.05 Å². The molecular weight excluding hydrogens is 318 g/mol. The normalized spacial score (nSPS) is 37.5. The molecule has 4 atom stereocenters. The summed E-state index contributed by atoms with van der Waals surface area (Å²) in [6, 6.07) is 7.05. The Morgan fingerprint density at radius 3 is 2.54 bits per heavy atom. The number of nitrogens with two attached hydrogens (primary N) is 2. The predicted octanol–water partition coefficient (Wildman–Crippen LogP) is 4.51. The lowest BCUT2D eigenvalue weighted by Gasteiger charge is -2.45. The van der Waals surface area contributed by atoms with Crippen molar-refractivity contribution >= 4 is 5.84 Å². The van der Waals surface area contributed by atoms with E-state index in [0.29, 0.717) is 23.1 Å². The number of allylic oxidation sites excluding steroid dienone is 1. The predicted molar refractivity (Wildman–Crippen MR) is 112 cm³/mol. The Morgan fingerprint density at radius 2 is 1.96 bits per heavy atom. The van der Waals surface area contributed by atoms with Crippen LogP contribution >= 0.6 is 0 Å². The number of rotatable bonds is 4. The topological polar surface area (TPSA) is 64.4 Å². The van der Waals surface area contributed by atoms with Crippen LogP contribution in [-0.2, 0) is 0 Å². The summed E-state index contributed by atoms with van der Waals surface area (Å²) < 4.78 is 0. The summed E-state index contributed by atoms with van der Waals surface area (Å²) in [5, 5.41) is 0. The molecular formula is C23H35N3. The van der Waals surface area contributed by atoms with Gasteiger partial charge in [-0.3, -0.25) is 4.99 Å². The molecule has 1 aromatic rings. The Hall–Kier alpha value is -1.61. The maximum Gasteiger partial charge on any atom is 0.0986 e. The fourth-order valence-electron chi connectivity index (χ4n) is 5.10. The molecule has 1 fully saturated rings. The summed E-state index contributed by atoms with van der Waals surface area (Å²) in [6.07, 6.45) is 8.31. The first-order valence-electron chi connectivity index (χ1n) is 10.1. The summed E-state index contributed by atoms with van der Waals surface area (Å²) >= 11 is 0. The van der Waals surface area contributed by atoms with Crippen molar-refractivity contribution in [2.24, 2.45) is 33.7 Å². The SMILES string of the molecule is CCC1(C)CC(c2ccc(C3C=CC(N)C(/C(N)=N\C)C3C)c(C)c2)C1. The van der Waals surface area contributed by atoms with Crippen molar-refractivity contribution in [1.82, 2.24) is 0 Å². The second-order valence-corrected chi connectivity index (χ2v) is 8.91. The van der Waals surface area contributed by atoms with Gasteiger partial charge in [0.25, 0.3) is 0 Å². The molecule has 3 heteroatoms. The van der Waals surface area contributed by atoms with Crippen molar-refractivity contribution < 1.29 is 0 Å². The molecule has 3 rings (SSSR count). The van der Waals surface area contributed by atoms with Crippen molar-refractivity contribution in [3.8, 4) is 0 Å². The van der Waals surface area contributed by atoms with E-state index in [1.165, 1.54) is 36.0 Å². The van der Waals surface area contributed by atoms with Gasteiger partial charge in [-0.05, 0) is 53.7 Å². The number of hydrogen-bond acceptors (Lipinski definition) is 2. The van der Waals surface area contributed by atoms with Crippen molar-refractivity contribution in [3.63, 3.8) is 0 Å². The molecule has 0 amide bonds. The van der Waals surface area contributed by atoms with Gasteiger partial charge in [-0.2, -0.15) is 0 Å². The van der Waals surface area contributed by atoms with Crippen LogP contribution in [0.1, 0.15) is 68.6 Å². The molecule has 26 heavy (non-hydrogen) atoms. The summed E-state index contributed by atoms with van der Waals surface area (Å²) in [5.74, 6) is 2.19. The molecule has 2 aliphatic carbocycles. The first kappa shape index (κ1) is 19.2. The molecule has 0 aromatic heterocycles. The van der Waals surface area contributed by atoms with Crippen molar-refractivity contribution in [1.29, 1.82) is 0 Å². The van der Waals surface area contributed by atoms with Crippen molar-refractivity contribution in [3.05, 3.63) is 47.0 Å². The third kappa shape index (κ3) is 3.34. The van der Waals surface area contributed by atoms with E-state index in [9.17, 15) is 0 Å². The van der Waals surface area contributed by atoms with Crippen molar-refractivity contribution in [2.45, 2.75) is 64.8 Å². The highest BCUT2D eigenvalue weighted by Crippen LogP contribution is 2.53. The second-order valence-electron chi connectivity index (χ2n) is 8.91. The Kier molecular flexibility index (Phi) is 5.30. The van der Waals surface area contributed by atoms with Crippen molar-refractivity contribution in [2.75, 3.05) is 7.05 Å². The quantitative estimate of drug-likeness (QED) is 0.475. The van der Waals surface area contributed by atoms with Gasteiger partial charge in [0, 0.05) is 24.9 Å². The lowest BCUT2D eigenvalue weighted by Crippen LogP contribution is -2.45. The van der Waals surface area contributed by atoms with Crippen LogP contribution in [0, 0.1) is 24.2 Å². The van der Waals surface area contributed by atoms with E-state index in [0.717, 1.165) is 5.92 Å². The molecule has 0 saturated heterocycles. The average molecular weight is 354 g/mol. The van der Waals surface area contributed by atoms with Crippen LogP contribution < -0.4 is 11.5 Å². The Bertz CT molecular complexity index is 712. The van der Waals surface area contributed by atoms with Crippen LogP contribution in [0.5, 0.6) is 0 Å². The fraction of sp³-hybridized carbons (Fsp3) is 0.609. The zero-order valence-corrected chi connectivity index (χ0v) is 17.0. The van der Waals surface area contributed by atoms with Crippen LogP contribution in [0.25, 0.3) is 0 Å². The lowest BCUT2D eigenvalue weighted by atomic mass is 9.59. The van der Waals surface area contributed by atoms with E-state index in [2.05, 4.69) is 63.0 Å². The number of benzene rings is 1. The highest BCUT2D eigenvalue weighted by Gasteiger charge is 2.40. The summed E-state index contributed by atoms with van der Waals surface area (Å²) in [7, 11) is 1.75. The monoisotopic (exact) mass is 353 g/mol. The molecule has 1 aromatic carbocycles. The van der Waals surface area contributed by atoms with Gasteiger partial charge in [0.15, 0.2) is 0 Å². The molecule has 0 aliphatic heterocycles. The maximum atomic E-state index is 6.30. The van der Waals surface area contributed by atoms with Crippen LogP contribution in [0.3, 0.4) is 0 Å². The second kappa shape index (κ2) is 7.19. The summed E-state index contributed by atoms with van der Waals surface area (Å²) in [4.78, 5) is 4.22. The minimum atomic E-state index is -0.0498. The van der Waals surface area contributed by atoms with E-state index in [4.69, 9.17) is 11.5 Å². The molecule has 0 bridgehead atoms. The van der Waals surface area contributed by atoms with E-state index in [1.807, 2.05) is 0 Å². The number of amidine groups is 1. The first-order chi connectivity index (χ1) is 12.3. The third-order valence-corrected chi connectivity index (χ3v) is 7.14. The Balaban J connectivity index is 1.83. The van der Waals surface area contributed by atoms with Gasteiger partial charge < -0.3 is 11.5 Å². The van der Waals surface area contributed by atoms with E-state index >= 15 is 0 Å². The van der Waals surface area contributed by atoms with Gasteiger partial charge >= 0.3 is 0 Å². The van der Waals surface area contributed by atoms with Gasteiger partial charge in [-0.1, -0.05) is 57.5 Å². The van der Waals surface area contributed by atoms with Crippen LogP contribution in [0.4, 0.5) is 0 Å². The molecule has 0 radical (unpaired) electrons. The first-order valence-corrected chi connectivity index (χ1v) is 10.1. The van der Waals surface area contributed by atoms with Crippen LogP contribution in [-0.4, -0.2) is 18.9 Å². The minimum absolute atomic E-state index is 0.0498. The molecule has 142 valence electrons. The van der Waals surface area contributed by atoms with Gasteiger partial charge in [-0.25, -0.2) is 0 Å². The van der Waals surface area contributed by atoms with Gasteiger partial charge in [0.1, 0.15) is 0 Å². The number of aryl methyl sites for hydroxylation is 1. The molecule has 1 saturated carbocycles. The van der Waals surface area contributed by atoms with E-state index < -0.39 is 0 Å². The molecule has 3 nitrogen and oxygen atoms in total. The fourth-order valence-corrected chi connectivity index (χ4v) is 5.10. The zero-order valence-electron chi connectivity index (χ0n) is 17.0. The zero-order chi connectivity index (χ0) is 19.1. The minimum Gasteiger partial charge on any atom is -0.387 e. The highest BCUT2D eigenvalue weighted by molar-refractivity contribution is 5.84. The Labute approximate surface area is 159 Å². The van der Waals surface area contributed by atoms with Gasteiger partial charge in [0.05, 0.1) is 5.84 Å². The molecule has 2 aliphatic rings. The van der Waals surface area contributed by atoms with Gasteiger partial charge in [0.2, 0.25) is 0 Å². The molecule has 0 spiro atoms. The summed E-state index contributed by atoms with van der Waals surface area (Å²) in [5.41, 5.74) is 17.3. The average Bonchev–Trinajstić information content (AvgIpc) is 2.59. The molecule has 4 unspecified atom stereocenters. The largest absolute Gasteiger partial charge is 0.387 e. The van der Waals surface area contributed by atoms with E-state index in [-0.39, 0.29) is 12.0 Å².